The first-order valence-electron chi connectivity index (χ1n) is 5.62. The SMILES string of the molecule is C[C@H](c1ccccc1)C1N[C@@H](CF)CC1=O. The lowest BCUT2D eigenvalue weighted by Gasteiger charge is -2.19. The zero-order valence-electron chi connectivity index (χ0n) is 9.32. The van der Waals surface area contributed by atoms with Crippen molar-refractivity contribution in [2.45, 2.75) is 31.3 Å². The predicted molar refractivity (Wildman–Crippen MR) is 61.2 cm³/mol. The van der Waals surface area contributed by atoms with Gasteiger partial charge in [0.1, 0.15) is 6.67 Å². The number of carbonyl (C=O) groups is 1. The number of ketones is 1. The first kappa shape index (κ1) is 11.3. The average molecular weight is 221 g/mol. The van der Waals surface area contributed by atoms with Crippen molar-refractivity contribution in [1.29, 1.82) is 0 Å². The van der Waals surface area contributed by atoms with Crippen molar-refractivity contribution in [3.05, 3.63) is 35.9 Å². The van der Waals surface area contributed by atoms with Crippen LogP contribution in [0.25, 0.3) is 0 Å². The van der Waals surface area contributed by atoms with Gasteiger partial charge in [-0.3, -0.25) is 4.79 Å². The van der Waals surface area contributed by atoms with Crippen molar-refractivity contribution in [2.24, 2.45) is 0 Å². The molecule has 3 heteroatoms. The quantitative estimate of drug-likeness (QED) is 0.846. The molecule has 1 aromatic carbocycles. The number of hydrogen-bond donors (Lipinski definition) is 1. The number of hydrogen-bond acceptors (Lipinski definition) is 2. The molecule has 1 fully saturated rings. The second-order valence-electron chi connectivity index (χ2n) is 4.37. The molecule has 1 unspecified atom stereocenters. The summed E-state index contributed by atoms with van der Waals surface area (Å²) in [6.45, 7) is 1.54. The van der Waals surface area contributed by atoms with E-state index in [1.54, 1.807) is 0 Å². The minimum absolute atomic E-state index is 0.102. The fraction of sp³-hybridized carbons (Fsp3) is 0.462. The monoisotopic (exact) mass is 221 g/mol. The van der Waals surface area contributed by atoms with Gasteiger partial charge < -0.3 is 5.32 Å². The van der Waals surface area contributed by atoms with Crippen LogP contribution in [0.1, 0.15) is 24.8 Å². The van der Waals surface area contributed by atoms with Gasteiger partial charge in [-0.15, -0.1) is 0 Å². The normalized spacial score (nSPS) is 27.0. The maximum Gasteiger partial charge on any atom is 0.152 e. The van der Waals surface area contributed by atoms with Gasteiger partial charge in [-0.25, -0.2) is 4.39 Å². The molecule has 1 heterocycles. The van der Waals surface area contributed by atoms with Crippen LogP contribution in [0, 0.1) is 0 Å². The molecule has 2 nitrogen and oxygen atoms in total. The van der Waals surface area contributed by atoms with Crippen LogP contribution in [-0.2, 0) is 4.79 Å². The molecule has 0 radical (unpaired) electrons. The molecular formula is C13H16FNO. The third-order valence-corrected chi connectivity index (χ3v) is 3.22. The van der Waals surface area contributed by atoms with Gasteiger partial charge in [-0.2, -0.15) is 0 Å². The lowest BCUT2D eigenvalue weighted by atomic mass is 9.92. The maximum atomic E-state index is 12.5. The fourth-order valence-electron chi connectivity index (χ4n) is 2.25. The fourth-order valence-corrected chi connectivity index (χ4v) is 2.25. The van der Waals surface area contributed by atoms with Gasteiger partial charge in [0.25, 0.3) is 0 Å². The third kappa shape index (κ3) is 2.14. The molecule has 0 aliphatic carbocycles. The average Bonchev–Trinajstić information content (AvgIpc) is 2.71. The van der Waals surface area contributed by atoms with E-state index in [0.717, 1.165) is 5.56 Å². The standard InChI is InChI=1S/C13H16FNO/c1-9(10-5-3-2-4-6-10)13-12(16)7-11(8-14)15-13/h2-6,9,11,13,15H,7-8H2,1H3/t9-,11-,13?/m1/s1. The molecule has 86 valence electrons. The summed E-state index contributed by atoms with van der Waals surface area (Å²) in [6, 6.07) is 9.34. The highest BCUT2D eigenvalue weighted by atomic mass is 19.1. The summed E-state index contributed by atoms with van der Waals surface area (Å²) in [5.74, 6) is 0.226. The summed E-state index contributed by atoms with van der Waals surface area (Å²) in [4.78, 5) is 11.7. The Labute approximate surface area is 94.9 Å². The molecular weight excluding hydrogens is 205 g/mol. The summed E-state index contributed by atoms with van der Waals surface area (Å²) in [5.41, 5.74) is 1.12. The molecule has 0 spiro atoms. The molecule has 3 atom stereocenters. The Bertz CT molecular complexity index is 365. The molecule has 1 aromatic rings. The Kier molecular flexibility index (Phi) is 3.34. The summed E-state index contributed by atoms with van der Waals surface area (Å²) >= 11 is 0. The lowest BCUT2D eigenvalue weighted by molar-refractivity contribution is -0.119. The van der Waals surface area contributed by atoms with Gasteiger partial charge >= 0.3 is 0 Å². The zero-order valence-corrected chi connectivity index (χ0v) is 9.32. The number of benzene rings is 1. The Morgan fingerprint density at radius 1 is 1.44 bits per heavy atom. The number of Topliss-reactive ketones (excluding diaryl/α,β-unsaturated/α-hetero) is 1. The van der Waals surface area contributed by atoms with Crippen LogP contribution < -0.4 is 5.32 Å². The summed E-state index contributed by atoms with van der Waals surface area (Å²) in [6.07, 6.45) is 0.318. The van der Waals surface area contributed by atoms with Gasteiger partial charge in [0.2, 0.25) is 0 Å². The van der Waals surface area contributed by atoms with E-state index < -0.39 is 6.67 Å². The van der Waals surface area contributed by atoms with Crippen LogP contribution >= 0.6 is 0 Å². The Morgan fingerprint density at radius 3 is 2.69 bits per heavy atom. The number of nitrogens with one attached hydrogen (secondary N) is 1. The minimum Gasteiger partial charge on any atom is -0.301 e. The topological polar surface area (TPSA) is 29.1 Å². The largest absolute Gasteiger partial charge is 0.301 e. The van der Waals surface area contributed by atoms with E-state index in [4.69, 9.17) is 0 Å². The van der Waals surface area contributed by atoms with E-state index in [9.17, 15) is 9.18 Å². The van der Waals surface area contributed by atoms with Crippen molar-refractivity contribution in [2.75, 3.05) is 6.67 Å². The van der Waals surface area contributed by atoms with Gasteiger partial charge in [-0.05, 0) is 5.56 Å². The predicted octanol–water partition coefficient (Wildman–Crippen LogP) is 2.06. The van der Waals surface area contributed by atoms with Crippen LogP contribution in [0.2, 0.25) is 0 Å². The van der Waals surface area contributed by atoms with Crippen LogP contribution in [0.3, 0.4) is 0 Å². The van der Waals surface area contributed by atoms with Crippen molar-refractivity contribution >= 4 is 5.78 Å². The lowest BCUT2D eigenvalue weighted by Crippen LogP contribution is -2.36. The zero-order chi connectivity index (χ0) is 11.5. The maximum absolute atomic E-state index is 12.5. The molecule has 0 aromatic heterocycles. The molecule has 0 amide bonds. The highest BCUT2D eigenvalue weighted by Crippen LogP contribution is 2.24. The van der Waals surface area contributed by atoms with E-state index in [1.165, 1.54) is 0 Å². The smallest absolute Gasteiger partial charge is 0.152 e. The second-order valence-corrected chi connectivity index (χ2v) is 4.37. The van der Waals surface area contributed by atoms with Crippen LogP contribution in [0.4, 0.5) is 4.39 Å². The highest BCUT2D eigenvalue weighted by Gasteiger charge is 2.35. The van der Waals surface area contributed by atoms with E-state index >= 15 is 0 Å². The van der Waals surface area contributed by atoms with Crippen LogP contribution in [0.15, 0.2) is 30.3 Å². The van der Waals surface area contributed by atoms with E-state index in [0.29, 0.717) is 6.42 Å². The molecule has 0 bridgehead atoms. The van der Waals surface area contributed by atoms with E-state index in [-0.39, 0.29) is 23.8 Å². The van der Waals surface area contributed by atoms with Crippen molar-refractivity contribution in [3.63, 3.8) is 0 Å². The van der Waals surface area contributed by atoms with Crippen molar-refractivity contribution in [1.82, 2.24) is 5.32 Å². The molecule has 0 saturated carbocycles. The minimum atomic E-state index is -0.469. The van der Waals surface area contributed by atoms with Crippen LogP contribution in [0.5, 0.6) is 0 Å². The molecule has 1 aliphatic heterocycles. The summed E-state index contributed by atoms with van der Waals surface area (Å²) in [5, 5.41) is 3.06. The number of alkyl halides is 1. The Morgan fingerprint density at radius 2 is 2.12 bits per heavy atom. The molecule has 16 heavy (non-hydrogen) atoms. The van der Waals surface area contributed by atoms with Crippen LogP contribution in [-0.4, -0.2) is 24.5 Å². The van der Waals surface area contributed by atoms with Gasteiger partial charge in [0, 0.05) is 18.4 Å². The molecule has 1 N–H and O–H groups in total. The first-order valence-corrected chi connectivity index (χ1v) is 5.62. The molecule has 1 aliphatic rings. The third-order valence-electron chi connectivity index (χ3n) is 3.22. The summed E-state index contributed by atoms with van der Waals surface area (Å²) < 4.78 is 12.5. The van der Waals surface area contributed by atoms with E-state index in [2.05, 4.69) is 5.32 Å². The Balaban J connectivity index is 2.11. The Hall–Kier alpha value is -1.22. The first-order chi connectivity index (χ1) is 7.72. The van der Waals surface area contributed by atoms with Crippen molar-refractivity contribution < 1.29 is 9.18 Å². The van der Waals surface area contributed by atoms with Crippen molar-refractivity contribution in [3.8, 4) is 0 Å². The van der Waals surface area contributed by atoms with E-state index in [1.807, 2.05) is 37.3 Å². The molecule has 2 rings (SSSR count). The van der Waals surface area contributed by atoms with Gasteiger partial charge in [0.05, 0.1) is 6.04 Å². The number of rotatable bonds is 3. The molecule has 1 saturated heterocycles. The van der Waals surface area contributed by atoms with Gasteiger partial charge in [0.15, 0.2) is 5.78 Å². The second kappa shape index (κ2) is 4.74. The highest BCUT2D eigenvalue weighted by molar-refractivity contribution is 5.87. The number of halogens is 1. The van der Waals surface area contributed by atoms with Gasteiger partial charge in [-0.1, -0.05) is 37.3 Å². The summed E-state index contributed by atoms with van der Waals surface area (Å²) in [7, 11) is 0. The number of carbonyl (C=O) groups excluding carboxylic acids is 1.